The fourth-order valence-electron chi connectivity index (χ4n) is 2.23. The topological polar surface area (TPSA) is 32.3 Å². The standard InChI is InChI=1S/C15H23NOS/c1-15(2,7-8-17)16-11-12-5-6-14-13(10-12)4-3-9-18-14/h5-6,10,16-17H,3-4,7-9,11H2,1-2H3. The second-order valence-electron chi connectivity index (χ2n) is 5.61. The van der Waals surface area contributed by atoms with E-state index >= 15 is 0 Å². The molecule has 0 unspecified atom stereocenters. The number of fused-ring (bicyclic) bond motifs is 1. The first-order valence-corrected chi connectivity index (χ1v) is 7.70. The molecule has 0 radical (unpaired) electrons. The second-order valence-corrected chi connectivity index (χ2v) is 6.74. The summed E-state index contributed by atoms with van der Waals surface area (Å²) in [5.74, 6) is 1.26. The number of thioether (sulfide) groups is 1. The molecule has 0 fully saturated rings. The maximum atomic E-state index is 9.01. The number of aliphatic hydroxyl groups excluding tert-OH is 1. The lowest BCUT2D eigenvalue weighted by molar-refractivity contribution is 0.230. The molecule has 0 bridgehead atoms. The molecule has 18 heavy (non-hydrogen) atoms. The van der Waals surface area contributed by atoms with Gasteiger partial charge < -0.3 is 10.4 Å². The summed E-state index contributed by atoms with van der Waals surface area (Å²) in [6.07, 6.45) is 3.30. The van der Waals surface area contributed by atoms with Crippen LogP contribution in [0.2, 0.25) is 0 Å². The largest absolute Gasteiger partial charge is 0.396 e. The van der Waals surface area contributed by atoms with E-state index in [2.05, 4.69) is 37.4 Å². The fourth-order valence-corrected chi connectivity index (χ4v) is 3.25. The molecule has 1 aliphatic rings. The Morgan fingerprint density at radius 1 is 1.39 bits per heavy atom. The summed E-state index contributed by atoms with van der Waals surface area (Å²) in [5.41, 5.74) is 2.85. The average Bonchev–Trinajstić information content (AvgIpc) is 2.36. The van der Waals surface area contributed by atoms with Gasteiger partial charge in [0, 0.05) is 23.6 Å². The molecule has 2 rings (SSSR count). The molecule has 3 heteroatoms. The van der Waals surface area contributed by atoms with Gasteiger partial charge in [0.2, 0.25) is 0 Å². The van der Waals surface area contributed by atoms with Crippen molar-refractivity contribution < 1.29 is 5.11 Å². The van der Waals surface area contributed by atoms with Crippen molar-refractivity contribution in [2.75, 3.05) is 12.4 Å². The van der Waals surface area contributed by atoms with Gasteiger partial charge in [-0.25, -0.2) is 0 Å². The zero-order chi connectivity index (χ0) is 13.0. The van der Waals surface area contributed by atoms with Crippen molar-refractivity contribution >= 4 is 11.8 Å². The molecule has 0 amide bonds. The Hall–Kier alpha value is -0.510. The molecule has 0 saturated heterocycles. The van der Waals surface area contributed by atoms with Gasteiger partial charge in [-0.05, 0) is 56.1 Å². The molecule has 1 aromatic rings. The Labute approximate surface area is 114 Å². The third-order valence-corrected chi connectivity index (χ3v) is 4.68. The van der Waals surface area contributed by atoms with Crippen LogP contribution in [-0.4, -0.2) is 23.0 Å². The van der Waals surface area contributed by atoms with Gasteiger partial charge in [0.1, 0.15) is 0 Å². The van der Waals surface area contributed by atoms with Crippen LogP contribution < -0.4 is 5.32 Å². The molecular formula is C15H23NOS. The Balaban J connectivity index is 1.98. The summed E-state index contributed by atoms with van der Waals surface area (Å²) in [6.45, 7) is 5.39. The second kappa shape index (κ2) is 6.09. The van der Waals surface area contributed by atoms with E-state index < -0.39 is 0 Å². The highest BCUT2D eigenvalue weighted by molar-refractivity contribution is 7.99. The van der Waals surface area contributed by atoms with Gasteiger partial charge in [-0.2, -0.15) is 0 Å². The van der Waals surface area contributed by atoms with E-state index in [1.54, 1.807) is 0 Å². The summed E-state index contributed by atoms with van der Waals surface area (Å²) < 4.78 is 0. The number of benzene rings is 1. The maximum Gasteiger partial charge on any atom is 0.0448 e. The smallest absolute Gasteiger partial charge is 0.0448 e. The molecule has 0 atom stereocenters. The Kier molecular flexibility index (Phi) is 4.71. The van der Waals surface area contributed by atoms with E-state index in [4.69, 9.17) is 5.11 Å². The van der Waals surface area contributed by atoms with Crippen molar-refractivity contribution in [3.8, 4) is 0 Å². The highest BCUT2D eigenvalue weighted by Gasteiger charge is 2.16. The highest BCUT2D eigenvalue weighted by Crippen LogP contribution is 2.30. The maximum absolute atomic E-state index is 9.01. The van der Waals surface area contributed by atoms with E-state index in [0.29, 0.717) is 0 Å². The number of aliphatic hydroxyl groups is 1. The number of aryl methyl sites for hydroxylation is 1. The first kappa shape index (κ1) is 13.9. The molecule has 1 heterocycles. The Morgan fingerprint density at radius 2 is 2.22 bits per heavy atom. The van der Waals surface area contributed by atoms with Crippen LogP contribution in [0.5, 0.6) is 0 Å². The molecule has 1 aliphatic heterocycles. The number of hydrogen-bond donors (Lipinski definition) is 2. The number of nitrogens with one attached hydrogen (secondary N) is 1. The predicted molar refractivity (Wildman–Crippen MR) is 78.1 cm³/mol. The first-order valence-electron chi connectivity index (χ1n) is 6.71. The van der Waals surface area contributed by atoms with Gasteiger partial charge in [-0.1, -0.05) is 12.1 Å². The zero-order valence-corrected chi connectivity index (χ0v) is 12.1. The SMILES string of the molecule is CC(C)(CCO)NCc1ccc2c(c1)CCCS2. The van der Waals surface area contributed by atoms with Crippen molar-refractivity contribution in [2.45, 2.75) is 50.1 Å². The van der Waals surface area contributed by atoms with Gasteiger partial charge in [-0.3, -0.25) is 0 Å². The van der Waals surface area contributed by atoms with Crippen molar-refractivity contribution in [2.24, 2.45) is 0 Å². The monoisotopic (exact) mass is 265 g/mol. The Bertz CT molecular complexity index is 403. The van der Waals surface area contributed by atoms with Gasteiger partial charge in [-0.15, -0.1) is 11.8 Å². The summed E-state index contributed by atoms with van der Waals surface area (Å²) in [5, 5.41) is 12.5. The van der Waals surface area contributed by atoms with E-state index in [1.165, 1.54) is 34.6 Å². The summed E-state index contributed by atoms with van der Waals surface area (Å²) >= 11 is 1.98. The summed E-state index contributed by atoms with van der Waals surface area (Å²) in [6, 6.07) is 6.82. The van der Waals surface area contributed by atoms with E-state index in [1.807, 2.05) is 11.8 Å². The van der Waals surface area contributed by atoms with E-state index in [9.17, 15) is 0 Å². The Morgan fingerprint density at radius 3 is 3.00 bits per heavy atom. The molecule has 100 valence electrons. The van der Waals surface area contributed by atoms with Crippen molar-refractivity contribution in [1.29, 1.82) is 0 Å². The number of rotatable bonds is 5. The molecule has 0 aromatic heterocycles. The third-order valence-electron chi connectivity index (χ3n) is 3.48. The predicted octanol–water partition coefficient (Wildman–Crippen LogP) is 2.98. The summed E-state index contributed by atoms with van der Waals surface area (Å²) in [7, 11) is 0. The minimum atomic E-state index is -0.000592. The van der Waals surface area contributed by atoms with Crippen LogP contribution in [0, 0.1) is 0 Å². The molecule has 2 nitrogen and oxygen atoms in total. The van der Waals surface area contributed by atoms with Crippen molar-refractivity contribution in [3.05, 3.63) is 29.3 Å². The normalized spacial score (nSPS) is 15.5. The zero-order valence-electron chi connectivity index (χ0n) is 11.3. The van der Waals surface area contributed by atoms with Crippen LogP contribution >= 0.6 is 11.8 Å². The first-order chi connectivity index (χ1) is 8.61. The summed E-state index contributed by atoms with van der Waals surface area (Å²) in [4.78, 5) is 1.46. The van der Waals surface area contributed by atoms with Gasteiger partial charge in [0.25, 0.3) is 0 Å². The molecular weight excluding hydrogens is 242 g/mol. The van der Waals surface area contributed by atoms with Crippen LogP contribution in [0.3, 0.4) is 0 Å². The minimum absolute atomic E-state index is 0.000592. The lowest BCUT2D eigenvalue weighted by atomic mass is 10.00. The fraction of sp³-hybridized carbons (Fsp3) is 0.600. The van der Waals surface area contributed by atoms with Gasteiger partial charge in [0.05, 0.1) is 0 Å². The lowest BCUT2D eigenvalue weighted by Gasteiger charge is -2.26. The molecule has 2 N–H and O–H groups in total. The van der Waals surface area contributed by atoms with Crippen molar-refractivity contribution in [3.63, 3.8) is 0 Å². The van der Waals surface area contributed by atoms with Crippen LogP contribution in [0.4, 0.5) is 0 Å². The quantitative estimate of drug-likeness (QED) is 0.858. The molecule has 1 aromatic carbocycles. The van der Waals surface area contributed by atoms with Crippen LogP contribution in [0.25, 0.3) is 0 Å². The lowest BCUT2D eigenvalue weighted by Crippen LogP contribution is -2.39. The molecule has 0 spiro atoms. The molecule has 0 aliphatic carbocycles. The van der Waals surface area contributed by atoms with Crippen molar-refractivity contribution in [1.82, 2.24) is 5.32 Å². The minimum Gasteiger partial charge on any atom is -0.396 e. The third kappa shape index (κ3) is 3.74. The van der Waals surface area contributed by atoms with Crippen LogP contribution in [0.15, 0.2) is 23.1 Å². The van der Waals surface area contributed by atoms with E-state index in [-0.39, 0.29) is 12.1 Å². The number of hydrogen-bond acceptors (Lipinski definition) is 3. The average molecular weight is 265 g/mol. The highest BCUT2D eigenvalue weighted by atomic mass is 32.2. The molecule has 0 saturated carbocycles. The van der Waals surface area contributed by atoms with Gasteiger partial charge >= 0.3 is 0 Å². The van der Waals surface area contributed by atoms with Gasteiger partial charge in [0.15, 0.2) is 0 Å². The van der Waals surface area contributed by atoms with E-state index in [0.717, 1.165) is 13.0 Å². The van der Waals surface area contributed by atoms with Crippen LogP contribution in [0.1, 0.15) is 37.8 Å². The van der Waals surface area contributed by atoms with Crippen LogP contribution in [-0.2, 0) is 13.0 Å².